The molecule has 0 saturated carbocycles. The Morgan fingerprint density at radius 3 is 2.66 bits per heavy atom. The van der Waals surface area contributed by atoms with Crippen LogP contribution in [-0.2, 0) is 16.1 Å². The van der Waals surface area contributed by atoms with Gasteiger partial charge >= 0.3 is 0 Å². The van der Waals surface area contributed by atoms with Crippen molar-refractivity contribution in [2.24, 2.45) is 0 Å². The van der Waals surface area contributed by atoms with Crippen molar-refractivity contribution >= 4 is 51.6 Å². The minimum atomic E-state index is -0.387. The van der Waals surface area contributed by atoms with Crippen molar-refractivity contribution in [1.82, 2.24) is 19.9 Å². The van der Waals surface area contributed by atoms with E-state index in [2.05, 4.69) is 15.6 Å². The predicted octanol–water partition coefficient (Wildman–Crippen LogP) is 2.59. The van der Waals surface area contributed by atoms with E-state index in [9.17, 15) is 14.4 Å². The lowest BCUT2D eigenvalue weighted by molar-refractivity contribution is -0.133. The largest absolute Gasteiger partial charge is 0.336 e. The zero-order chi connectivity index (χ0) is 21.0. The van der Waals surface area contributed by atoms with Gasteiger partial charge in [-0.25, -0.2) is 4.68 Å². The minimum absolute atomic E-state index is 0.00345. The van der Waals surface area contributed by atoms with Gasteiger partial charge in [0.1, 0.15) is 5.52 Å². The smallest absolute Gasteiger partial charge is 0.277 e. The van der Waals surface area contributed by atoms with E-state index < -0.39 is 0 Å². The van der Waals surface area contributed by atoms with Crippen molar-refractivity contribution in [1.29, 1.82) is 0 Å². The van der Waals surface area contributed by atoms with Gasteiger partial charge in [-0.3, -0.25) is 14.4 Å². The number of nitrogens with zero attached hydrogens (tertiary/aromatic N) is 4. The number of anilines is 1. The fraction of sp³-hybridized carbons (Fsp3) is 0.211. The highest BCUT2D eigenvalue weighted by atomic mass is 35.5. The Morgan fingerprint density at radius 2 is 1.90 bits per heavy atom. The molecule has 0 aliphatic carbocycles. The first-order valence-corrected chi connectivity index (χ1v) is 9.42. The molecule has 0 bridgehead atoms. The Labute approximate surface area is 176 Å². The van der Waals surface area contributed by atoms with E-state index in [1.54, 1.807) is 36.4 Å². The number of hydrogen-bond acceptors (Lipinski definition) is 5. The van der Waals surface area contributed by atoms with Crippen molar-refractivity contribution in [3.05, 3.63) is 62.9 Å². The Balaban J connectivity index is 1.56. The van der Waals surface area contributed by atoms with Crippen LogP contribution in [-0.4, -0.2) is 45.3 Å². The summed E-state index contributed by atoms with van der Waals surface area (Å²) in [6, 6.07) is 11.6. The Hall–Kier alpha value is -2.97. The number of benzene rings is 2. The lowest BCUT2D eigenvalue weighted by Crippen LogP contribution is -2.36. The quantitative estimate of drug-likeness (QED) is 0.643. The molecule has 0 saturated heterocycles. The van der Waals surface area contributed by atoms with Crippen molar-refractivity contribution < 1.29 is 9.59 Å². The van der Waals surface area contributed by atoms with Crippen LogP contribution in [0, 0.1) is 0 Å². The zero-order valence-corrected chi connectivity index (χ0v) is 16.9. The molecule has 150 valence electrons. The number of nitrogens with one attached hydrogen (secondary N) is 1. The number of amides is 2. The summed E-state index contributed by atoms with van der Waals surface area (Å²) in [7, 11) is 1.51. The molecular formula is C19H17Cl2N5O3. The molecule has 3 aromatic rings. The van der Waals surface area contributed by atoms with Crippen molar-refractivity contribution in [2.75, 3.05) is 18.9 Å². The van der Waals surface area contributed by atoms with Gasteiger partial charge in [-0.15, -0.1) is 5.10 Å². The maximum absolute atomic E-state index is 12.4. The maximum atomic E-state index is 12.4. The first kappa shape index (κ1) is 20.8. The number of fused-ring (bicyclic) bond motifs is 1. The van der Waals surface area contributed by atoms with E-state index in [0.29, 0.717) is 26.6 Å². The summed E-state index contributed by atoms with van der Waals surface area (Å²) < 4.78 is 1.14. The molecule has 8 nitrogen and oxygen atoms in total. The molecule has 29 heavy (non-hydrogen) atoms. The molecule has 2 amide bonds. The topological polar surface area (TPSA) is 97.2 Å². The molecule has 0 atom stereocenters. The first-order chi connectivity index (χ1) is 13.8. The molecule has 0 unspecified atom stereocenters. The average Bonchev–Trinajstić information content (AvgIpc) is 2.70. The third-order valence-corrected chi connectivity index (χ3v) is 4.92. The SMILES string of the molecule is CN(CC(=O)Nc1ccc(Cl)c(Cl)c1)C(=O)CCn1nnc2ccccc2c1=O. The van der Waals surface area contributed by atoms with Gasteiger partial charge in [0.15, 0.2) is 0 Å². The molecule has 3 rings (SSSR count). The van der Waals surface area contributed by atoms with E-state index in [0.717, 1.165) is 4.68 Å². The molecule has 0 radical (unpaired) electrons. The van der Waals surface area contributed by atoms with Gasteiger partial charge in [-0.2, -0.15) is 0 Å². The van der Waals surface area contributed by atoms with Crippen LogP contribution in [0.2, 0.25) is 10.0 Å². The molecule has 1 aromatic heterocycles. The Kier molecular flexibility index (Phi) is 6.46. The van der Waals surface area contributed by atoms with Gasteiger partial charge in [0.2, 0.25) is 11.8 Å². The number of aryl methyl sites for hydroxylation is 1. The fourth-order valence-corrected chi connectivity index (χ4v) is 2.94. The van der Waals surface area contributed by atoms with Gasteiger partial charge in [0.05, 0.1) is 28.5 Å². The summed E-state index contributed by atoms with van der Waals surface area (Å²) in [4.78, 5) is 38.1. The molecule has 0 spiro atoms. The molecule has 1 heterocycles. The number of hydrogen-bond donors (Lipinski definition) is 1. The second kappa shape index (κ2) is 9.02. The summed E-state index contributed by atoms with van der Waals surface area (Å²) in [6.45, 7) is -0.0916. The van der Waals surface area contributed by atoms with Crippen molar-refractivity contribution in [2.45, 2.75) is 13.0 Å². The number of aromatic nitrogens is 3. The van der Waals surface area contributed by atoms with Crippen LogP contribution in [0.1, 0.15) is 6.42 Å². The number of carbonyl (C=O) groups excluding carboxylic acids is 2. The normalized spacial score (nSPS) is 10.7. The summed E-state index contributed by atoms with van der Waals surface area (Å²) in [5.41, 5.74) is 0.655. The summed E-state index contributed by atoms with van der Waals surface area (Å²) >= 11 is 11.8. The van der Waals surface area contributed by atoms with E-state index in [1.165, 1.54) is 18.0 Å². The third kappa shape index (κ3) is 5.10. The summed E-state index contributed by atoms with van der Waals surface area (Å²) in [5, 5.41) is 11.6. The van der Waals surface area contributed by atoms with Crippen LogP contribution in [0.5, 0.6) is 0 Å². The molecule has 0 fully saturated rings. The van der Waals surface area contributed by atoms with E-state index in [1.807, 2.05) is 0 Å². The van der Waals surface area contributed by atoms with Gasteiger partial charge in [-0.1, -0.05) is 40.5 Å². The molecule has 1 N–H and O–H groups in total. The Morgan fingerprint density at radius 1 is 1.14 bits per heavy atom. The highest BCUT2D eigenvalue weighted by Gasteiger charge is 2.15. The zero-order valence-electron chi connectivity index (χ0n) is 15.4. The second-order valence-corrected chi connectivity index (χ2v) is 7.13. The molecule has 2 aromatic carbocycles. The van der Waals surface area contributed by atoms with Crippen LogP contribution in [0.4, 0.5) is 5.69 Å². The van der Waals surface area contributed by atoms with Crippen molar-refractivity contribution in [3.8, 4) is 0 Å². The molecule has 0 aliphatic heterocycles. The maximum Gasteiger partial charge on any atom is 0.277 e. The van der Waals surface area contributed by atoms with Gasteiger partial charge < -0.3 is 10.2 Å². The number of rotatable bonds is 6. The number of halogens is 2. The van der Waals surface area contributed by atoms with E-state index >= 15 is 0 Å². The van der Waals surface area contributed by atoms with Gasteiger partial charge in [0.25, 0.3) is 5.56 Å². The number of likely N-dealkylation sites (N-methyl/N-ethyl adjacent to an activating group) is 1. The van der Waals surface area contributed by atoms with E-state index in [-0.39, 0.29) is 36.9 Å². The minimum Gasteiger partial charge on any atom is -0.336 e. The second-order valence-electron chi connectivity index (χ2n) is 6.31. The third-order valence-electron chi connectivity index (χ3n) is 4.18. The predicted molar refractivity (Wildman–Crippen MR) is 111 cm³/mol. The van der Waals surface area contributed by atoms with Gasteiger partial charge in [0, 0.05) is 19.2 Å². The van der Waals surface area contributed by atoms with Gasteiger partial charge in [-0.05, 0) is 30.3 Å². The molecular weight excluding hydrogens is 417 g/mol. The monoisotopic (exact) mass is 433 g/mol. The van der Waals surface area contributed by atoms with Crippen molar-refractivity contribution in [3.63, 3.8) is 0 Å². The van der Waals surface area contributed by atoms with Crippen LogP contribution < -0.4 is 10.9 Å². The van der Waals surface area contributed by atoms with E-state index in [4.69, 9.17) is 23.2 Å². The molecule has 10 heteroatoms. The highest BCUT2D eigenvalue weighted by molar-refractivity contribution is 6.42. The van der Waals surface area contributed by atoms with Crippen LogP contribution in [0.15, 0.2) is 47.3 Å². The lowest BCUT2D eigenvalue weighted by atomic mass is 10.2. The number of carbonyl (C=O) groups is 2. The molecule has 0 aliphatic rings. The highest BCUT2D eigenvalue weighted by Crippen LogP contribution is 2.24. The first-order valence-electron chi connectivity index (χ1n) is 8.66. The van der Waals surface area contributed by atoms with Crippen LogP contribution in [0.3, 0.4) is 0 Å². The lowest BCUT2D eigenvalue weighted by Gasteiger charge is -2.17. The summed E-state index contributed by atoms with van der Waals surface area (Å²) in [6.07, 6.45) is 0.00345. The van der Waals surface area contributed by atoms with Crippen LogP contribution in [0.25, 0.3) is 10.9 Å². The Bertz CT molecular complexity index is 1130. The van der Waals surface area contributed by atoms with Crippen LogP contribution >= 0.6 is 23.2 Å². The summed E-state index contributed by atoms with van der Waals surface area (Å²) in [5.74, 6) is -0.696. The average molecular weight is 434 g/mol. The fourth-order valence-electron chi connectivity index (χ4n) is 2.64. The standard InChI is InChI=1S/C19H17Cl2N5O3/c1-25(11-17(27)22-12-6-7-14(20)15(21)10-12)18(28)8-9-26-19(29)13-4-2-3-5-16(13)23-24-26/h2-7,10H,8-9,11H2,1H3,(H,22,27).